The molecule has 0 saturated carbocycles. The highest BCUT2D eigenvalue weighted by Crippen LogP contribution is 2.19. The minimum Gasteiger partial charge on any atom is -0.459 e. The molecule has 6 heteroatoms. The maximum atomic E-state index is 13.0. The van der Waals surface area contributed by atoms with E-state index in [4.69, 9.17) is 4.42 Å². The minimum atomic E-state index is -0.365. The number of furan rings is 1. The highest BCUT2D eigenvalue weighted by Gasteiger charge is 2.14. The van der Waals surface area contributed by atoms with Crippen LogP contribution in [0.3, 0.4) is 0 Å². The van der Waals surface area contributed by atoms with Crippen LogP contribution in [0, 0.1) is 6.92 Å². The van der Waals surface area contributed by atoms with E-state index in [1.165, 1.54) is 10.8 Å². The number of hydrogen-bond donors (Lipinski definition) is 1. The smallest absolute Gasteiger partial charge is 0.291 e. The van der Waals surface area contributed by atoms with Crippen molar-refractivity contribution in [2.45, 2.75) is 26.8 Å². The molecule has 0 aliphatic heterocycles. The largest absolute Gasteiger partial charge is 0.459 e. The predicted molar refractivity (Wildman–Crippen MR) is 103 cm³/mol. The van der Waals surface area contributed by atoms with Crippen LogP contribution in [-0.2, 0) is 0 Å². The molecule has 138 valence electrons. The lowest BCUT2D eigenvalue weighted by Gasteiger charge is -2.11. The number of aromatic nitrogens is 1. The summed E-state index contributed by atoms with van der Waals surface area (Å²) in [5.74, 6) is -0.374. The number of amides is 1. The first kappa shape index (κ1) is 18.4. The van der Waals surface area contributed by atoms with Crippen molar-refractivity contribution in [2.24, 2.45) is 4.99 Å². The van der Waals surface area contributed by atoms with Crippen LogP contribution in [0.2, 0.25) is 0 Å². The standard InChI is InChI=1S/C21H21N3O3/c1-14(2)22-19-8-4-5-11-24(19)21(26)16-10-9-15(3)17(13-16)23-20(25)18-7-6-12-27-18/h4-14H,1-3H3,(H,23,25). The van der Waals surface area contributed by atoms with Gasteiger partial charge in [0.05, 0.1) is 6.26 Å². The van der Waals surface area contributed by atoms with Gasteiger partial charge in [-0.25, -0.2) is 0 Å². The monoisotopic (exact) mass is 363 g/mol. The van der Waals surface area contributed by atoms with E-state index in [0.29, 0.717) is 16.7 Å². The van der Waals surface area contributed by atoms with E-state index in [1.807, 2.05) is 26.8 Å². The van der Waals surface area contributed by atoms with E-state index in [-0.39, 0.29) is 23.6 Å². The molecule has 1 N–H and O–H groups in total. The molecule has 6 nitrogen and oxygen atoms in total. The van der Waals surface area contributed by atoms with Crippen molar-refractivity contribution >= 4 is 17.5 Å². The maximum absolute atomic E-state index is 13.0. The van der Waals surface area contributed by atoms with Gasteiger partial charge in [0.15, 0.2) is 5.76 Å². The number of aryl methyl sites for hydroxylation is 1. The summed E-state index contributed by atoms with van der Waals surface area (Å²) in [4.78, 5) is 29.7. The number of nitrogens with zero attached hydrogens (tertiary/aromatic N) is 2. The summed E-state index contributed by atoms with van der Waals surface area (Å²) >= 11 is 0. The third-order valence-electron chi connectivity index (χ3n) is 3.93. The highest BCUT2D eigenvalue weighted by molar-refractivity contribution is 6.04. The molecule has 0 aliphatic rings. The Morgan fingerprint density at radius 1 is 1.11 bits per heavy atom. The van der Waals surface area contributed by atoms with Crippen molar-refractivity contribution in [2.75, 3.05) is 5.32 Å². The van der Waals surface area contributed by atoms with E-state index < -0.39 is 0 Å². The molecule has 0 aliphatic carbocycles. The second kappa shape index (κ2) is 7.86. The number of hydrogen-bond acceptors (Lipinski definition) is 4. The molecule has 27 heavy (non-hydrogen) atoms. The molecule has 0 fully saturated rings. The van der Waals surface area contributed by atoms with E-state index in [1.54, 1.807) is 48.7 Å². The summed E-state index contributed by atoms with van der Waals surface area (Å²) in [6.07, 6.45) is 3.12. The molecule has 1 amide bonds. The fraction of sp³-hybridized carbons (Fsp3) is 0.190. The molecule has 2 aromatic heterocycles. The lowest BCUT2D eigenvalue weighted by atomic mass is 10.1. The van der Waals surface area contributed by atoms with Crippen LogP contribution in [0.5, 0.6) is 0 Å². The number of anilines is 1. The van der Waals surface area contributed by atoms with Crippen molar-refractivity contribution in [3.05, 3.63) is 83.4 Å². The van der Waals surface area contributed by atoms with Crippen LogP contribution in [0.15, 0.2) is 70.4 Å². The zero-order valence-corrected chi connectivity index (χ0v) is 15.5. The normalized spacial score (nSPS) is 11.6. The van der Waals surface area contributed by atoms with Crippen molar-refractivity contribution in [3.63, 3.8) is 0 Å². The number of carbonyl (C=O) groups is 2. The van der Waals surface area contributed by atoms with Gasteiger partial charge in [-0.1, -0.05) is 12.1 Å². The topological polar surface area (TPSA) is 76.6 Å². The van der Waals surface area contributed by atoms with Crippen LogP contribution in [0.1, 0.15) is 40.3 Å². The third-order valence-corrected chi connectivity index (χ3v) is 3.93. The average molecular weight is 363 g/mol. The predicted octanol–water partition coefficient (Wildman–Crippen LogP) is 3.64. The Morgan fingerprint density at radius 3 is 2.63 bits per heavy atom. The fourth-order valence-electron chi connectivity index (χ4n) is 2.60. The van der Waals surface area contributed by atoms with Crippen molar-refractivity contribution < 1.29 is 14.0 Å². The van der Waals surface area contributed by atoms with Gasteiger partial charge in [-0.2, -0.15) is 0 Å². The first-order valence-electron chi connectivity index (χ1n) is 8.67. The van der Waals surface area contributed by atoms with Gasteiger partial charge in [0.25, 0.3) is 11.8 Å². The minimum absolute atomic E-state index is 0.0626. The molecule has 1 aromatic carbocycles. The summed E-state index contributed by atoms with van der Waals surface area (Å²) in [6.45, 7) is 5.77. The van der Waals surface area contributed by atoms with Gasteiger partial charge in [0, 0.05) is 23.5 Å². The number of rotatable bonds is 4. The number of carbonyl (C=O) groups excluding carboxylic acids is 2. The van der Waals surface area contributed by atoms with E-state index >= 15 is 0 Å². The molecule has 0 unspecified atom stereocenters. The number of nitrogens with one attached hydrogen (secondary N) is 1. The molecule has 0 saturated heterocycles. The number of pyridine rings is 1. The maximum Gasteiger partial charge on any atom is 0.291 e. The summed E-state index contributed by atoms with van der Waals surface area (Å²) in [6, 6.07) is 13.9. The quantitative estimate of drug-likeness (QED) is 0.769. The molecule has 0 bridgehead atoms. The number of benzene rings is 1. The Labute approximate surface area is 157 Å². The Hall–Kier alpha value is -3.41. The lowest BCUT2D eigenvalue weighted by molar-refractivity contribution is 0.0952. The van der Waals surface area contributed by atoms with Gasteiger partial charge in [-0.3, -0.25) is 19.1 Å². The van der Waals surface area contributed by atoms with Crippen LogP contribution in [0.4, 0.5) is 5.69 Å². The summed E-state index contributed by atoms with van der Waals surface area (Å²) in [7, 11) is 0. The molecule has 0 atom stereocenters. The first-order chi connectivity index (χ1) is 13.0. The van der Waals surface area contributed by atoms with Crippen LogP contribution < -0.4 is 10.8 Å². The zero-order valence-electron chi connectivity index (χ0n) is 15.5. The van der Waals surface area contributed by atoms with Crippen molar-refractivity contribution in [1.29, 1.82) is 0 Å². The summed E-state index contributed by atoms with van der Waals surface area (Å²) in [5, 5.41) is 2.79. The fourth-order valence-corrected chi connectivity index (χ4v) is 2.60. The Balaban J connectivity index is 1.95. The van der Waals surface area contributed by atoms with Gasteiger partial charge in [0.1, 0.15) is 5.49 Å². The van der Waals surface area contributed by atoms with Gasteiger partial charge in [0.2, 0.25) is 0 Å². The molecule has 3 aromatic rings. The van der Waals surface area contributed by atoms with E-state index in [2.05, 4.69) is 10.3 Å². The third kappa shape index (κ3) is 4.23. The van der Waals surface area contributed by atoms with Crippen molar-refractivity contribution in [3.8, 4) is 0 Å². The second-order valence-electron chi connectivity index (χ2n) is 6.42. The van der Waals surface area contributed by atoms with E-state index in [9.17, 15) is 9.59 Å². The summed E-state index contributed by atoms with van der Waals surface area (Å²) < 4.78 is 6.61. The average Bonchev–Trinajstić information content (AvgIpc) is 3.18. The Kier molecular flexibility index (Phi) is 5.35. The molecular formula is C21H21N3O3. The molecule has 0 radical (unpaired) electrons. The van der Waals surface area contributed by atoms with Gasteiger partial charge in [-0.05, 0) is 62.7 Å². The summed E-state index contributed by atoms with van der Waals surface area (Å²) in [5.41, 5.74) is 2.43. The first-order valence-corrected chi connectivity index (χ1v) is 8.67. The second-order valence-corrected chi connectivity index (χ2v) is 6.42. The Bertz CT molecular complexity index is 1030. The van der Waals surface area contributed by atoms with Crippen LogP contribution >= 0.6 is 0 Å². The van der Waals surface area contributed by atoms with Crippen LogP contribution in [0.25, 0.3) is 0 Å². The van der Waals surface area contributed by atoms with Crippen LogP contribution in [-0.4, -0.2) is 22.4 Å². The Morgan fingerprint density at radius 2 is 1.93 bits per heavy atom. The van der Waals surface area contributed by atoms with Gasteiger partial charge < -0.3 is 9.73 Å². The molecular weight excluding hydrogens is 342 g/mol. The van der Waals surface area contributed by atoms with E-state index in [0.717, 1.165) is 5.56 Å². The van der Waals surface area contributed by atoms with Gasteiger partial charge in [-0.15, -0.1) is 0 Å². The van der Waals surface area contributed by atoms with Gasteiger partial charge >= 0.3 is 0 Å². The lowest BCUT2D eigenvalue weighted by Crippen LogP contribution is -2.28. The molecule has 2 heterocycles. The van der Waals surface area contributed by atoms with Crippen molar-refractivity contribution in [1.82, 2.24) is 4.57 Å². The molecule has 0 spiro atoms. The SMILES string of the molecule is Cc1ccc(C(=O)n2ccccc2=NC(C)C)cc1NC(=O)c1ccco1. The molecule has 3 rings (SSSR count). The zero-order chi connectivity index (χ0) is 19.4. The highest BCUT2D eigenvalue weighted by atomic mass is 16.3.